The van der Waals surface area contributed by atoms with Crippen LogP contribution < -0.4 is 21.7 Å². The number of hydrogen-bond acceptors (Lipinski definition) is 10. The molecule has 0 radical (unpaired) electrons. The van der Waals surface area contributed by atoms with Gasteiger partial charge in [-0.1, -0.05) is 18.2 Å². The number of guanidine groups is 2. The third-order valence-electron chi connectivity index (χ3n) is 6.18. The first-order valence-electron chi connectivity index (χ1n) is 9.58. The summed E-state index contributed by atoms with van der Waals surface area (Å²) in [7, 11) is 0. The average Bonchev–Trinajstić information content (AvgIpc) is 3.30. The van der Waals surface area contributed by atoms with Crippen LogP contribution in [0.25, 0.3) is 0 Å². The maximum Gasteiger partial charge on any atom is 0.331 e. The summed E-state index contributed by atoms with van der Waals surface area (Å²) in [5.41, 5.74) is 11.1. The highest BCUT2D eigenvalue weighted by atomic mass is 16.5. The minimum absolute atomic E-state index is 0.00556. The number of urea groups is 1. The molecule has 0 aromatic heterocycles. The van der Waals surface area contributed by atoms with Crippen molar-refractivity contribution < 1.29 is 19.8 Å². The normalized spacial score (nSPS) is 32.0. The first-order chi connectivity index (χ1) is 14.2. The molecule has 12 heteroatoms. The molecule has 4 aliphatic heterocycles. The van der Waals surface area contributed by atoms with Gasteiger partial charge in [0, 0.05) is 18.7 Å². The lowest BCUT2D eigenvalue weighted by Gasteiger charge is -2.49. The van der Waals surface area contributed by atoms with E-state index in [0.717, 1.165) is 4.90 Å². The Morgan fingerprint density at radius 1 is 1.17 bits per heavy atom. The lowest BCUT2D eigenvalue weighted by atomic mass is 9.86. The standard InChI is InChI=1S/C18H22N8O4/c19-14-22-13-11(21-15(20)26-7-6-17(29,30)18(13,26)23-14)8-25-12(27)9-24(16(25)28)10-4-2-1-3-5-10/h1-5,11,13,29-30H,6-9H2,(H2,20,21)(H3,19,22,23)/t11-,13?,18?/m0/s1. The van der Waals surface area contributed by atoms with Crippen molar-refractivity contribution in [1.82, 2.24) is 15.1 Å². The van der Waals surface area contributed by atoms with Crippen LogP contribution in [0.5, 0.6) is 0 Å². The highest BCUT2D eigenvalue weighted by molar-refractivity contribution is 6.12. The van der Waals surface area contributed by atoms with Crippen molar-refractivity contribution >= 4 is 29.5 Å². The lowest BCUT2D eigenvalue weighted by molar-refractivity contribution is -0.221. The van der Waals surface area contributed by atoms with Crippen molar-refractivity contribution in [3.63, 3.8) is 0 Å². The first kappa shape index (κ1) is 18.6. The predicted octanol–water partition coefficient (Wildman–Crippen LogP) is -2.48. The summed E-state index contributed by atoms with van der Waals surface area (Å²) in [6, 6.07) is 6.74. The molecule has 30 heavy (non-hydrogen) atoms. The SMILES string of the molecule is NC1=NC2[C@H](CN3C(=O)CN(c4ccccc4)C3=O)N=C(N)N3CCC(O)(O)C23N1. The minimum Gasteiger partial charge on any atom is -0.370 e. The van der Waals surface area contributed by atoms with Gasteiger partial charge in [0.05, 0.1) is 12.6 Å². The highest BCUT2D eigenvalue weighted by Crippen LogP contribution is 2.44. The molecule has 0 saturated carbocycles. The number of nitrogens with two attached hydrogens (primary N) is 2. The second-order valence-corrected chi connectivity index (χ2v) is 7.83. The van der Waals surface area contributed by atoms with E-state index in [9.17, 15) is 19.8 Å². The third-order valence-corrected chi connectivity index (χ3v) is 6.18. The molecule has 4 heterocycles. The summed E-state index contributed by atoms with van der Waals surface area (Å²) in [4.78, 5) is 38.3. The van der Waals surface area contributed by atoms with Gasteiger partial charge in [0.1, 0.15) is 12.6 Å². The van der Waals surface area contributed by atoms with E-state index in [2.05, 4.69) is 15.3 Å². The number of imide groups is 1. The van der Waals surface area contributed by atoms with E-state index in [4.69, 9.17) is 11.5 Å². The van der Waals surface area contributed by atoms with Crippen LogP contribution in [-0.4, -0.2) is 87.0 Å². The van der Waals surface area contributed by atoms with Crippen molar-refractivity contribution in [2.24, 2.45) is 21.5 Å². The Balaban J connectivity index is 1.46. The molecule has 0 bridgehead atoms. The summed E-state index contributed by atoms with van der Waals surface area (Å²) < 4.78 is 0. The van der Waals surface area contributed by atoms with E-state index in [0.29, 0.717) is 5.69 Å². The van der Waals surface area contributed by atoms with Crippen LogP contribution in [0.1, 0.15) is 6.42 Å². The molecular weight excluding hydrogens is 392 g/mol. The zero-order valence-corrected chi connectivity index (χ0v) is 16.0. The summed E-state index contributed by atoms with van der Waals surface area (Å²) in [5.74, 6) is -2.49. The lowest BCUT2D eigenvalue weighted by Crippen LogP contribution is -2.76. The van der Waals surface area contributed by atoms with Gasteiger partial charge in [-0.2, -0.15) is 0 Å². The zero-order valence-electron chi connectivity index (χ0n) is 16.0. The van der Waals surface area contributed by atoms with Crippen LogP contribution >= 0.6 is 0 Å². The van der Waals surface area contributed by atoms with E-state index >= 15 is 0 Å². The van der Waals surface area contributed by atoms with Crippen LogP contribution in [0.3, 0.4) is 0 Å². The molecule has 1 aromatic carbocycles. The Morgan fingerprint density at radius 2 is 1.90 bits per heavy atom. The number of nitrogens with zero attached hydrogens (tertiary/aromatic N) is 5. The van der Waals surface area contributed by atoms with Crippen LogP contribution in [-0.2, 0) is 4.79 Å². The molecule has 2 fully saturated rings. The van der Waals surface area contributed by atoms with Crippen molar-refractivity contribution in [3.05, 3.63) is 30.3 Å². The predicted molar refractivity (Wildman–Crippen MR) is 106 cm³/mol. The van der Waals surface area contributed by atoms with Crippen LogP contribution in [0.2, 0.25) is 0 Å². The van der Waals surface area contributed by atoms with Gasteiger partial charge >= 0.3 is 6.03 Å². The van der Waals surface area contributed by atoms with E-state index in [1.54, 1.807) is 24.3 Å². The minimum atomic E-state index is -2.18. The monoisotopic (exact) mass is 414 g/mol. The van der Waals surface area contributed by atoms with Gasteiger partial charge in [0.25, 0.3) is 5.91 Å². The van der Waals surface area contributed by atoms with Crippen molar-refractivity contribution in [2.75, 3.05) is 24.5 Å². The second-order valence-electron chi connectivity index (χ2n) is 7.83. The Bertz CT molecular complexity index is 980. The molecule has 3 atom stereocenters. The molecule has 158 valence electrons. The molecule has 2 saturated heterocycles. The number of carbonyl (C=O) groups excluding carboxylic acids is 2. The first-order valence-corrected chi connectivity index (χ1v) is 9.58. The van der Waals surface area contributed by atoms with E-state index in [1.165, 1.54) is 9.80 Å². The third kappa shape index (κ3) is 2.34. The topological polar surface area (TPSA) is 173 Å². The molecule has 3 amide bonds. The van der Waals surface area contributed by atoms with Gasteiger partial charge in [0.2, 0.25) is 5.79 Å². The molecule has 1 spiro atoms. The van der Waals surface area contributed by atoms with Gasteiger partial charge in [-0.15, -0.1) is 0 Å². The molecular formula is C18H22N8O4. The number of anilines is 1. The number of carbonyl (C=O) groups is 2. The average molecular weight is 414 g/mol. The number of para-hydroxylation sites is 1. The van der Waals surface area contributed by atoms with Crippen molar-refractivity contribution in [2.45, 2.75) is 30.0 Å². The summed E-state index contributed by atoms with van der Waals surface area (Å²) >= 11 is 0. The number of benzene rings is 1. The molecule has 5 rings (SSSR count). The fourth-order valence-corrected chi connectivity index (χ4v) is 4.79. The molecule has 0 aliphatic carbocycles. The van der Waals surface area contributed by atoms with Gasteiger partial charge in [-0.3, -0.25) is 14.6 Å². The van der Waals surface area contributed by atoms with Crippen molar-refractivity contribution in [1.29, 1.82) is 0 Å². The Labute approximate surface area is 171 Å². The number of hydrogen-bond donors (Lipinski definition) is 5. The smallest absolute Gasteiger partial charge is 0.331 e. The summed E-state index contributed by atoms with van der Waals surface area (Å²) in [6.07, 6.45) is 0.00556. The van der Waals surface area contributed by atoms with Gasteiger partial charge < -0.3 is 31.9 Å². The maximum atomic E-state index is 12.9. The second kappa shape index (κ2) is 6.06. The van der Waals surface area contributed by atoms with Crippen LogP contribution in [0.4, 0.5) is 10.5 Å². The van der Waals surface area contributed by atoms with Crippen molar-refractivity contribution in [3.8, 4) is 0 Å². The molecule has 2 unspecified atom stereocenters. The van der Waals surface area contributed by atoms with Gasteiger partial charge in [-0.05, 0) is 12.1 Å². The molecule has 7 N–H and O–H groups in total. The van der Waals surface area contributed by atoms with Crippen LogP contribution in [0.15, 0.2) is 40.3 Å². The zero-order chi connectivity index (χ0) is 21.3. The summed E-state index contributed by atoms with van der Waals surface area (Å²) in [6.45, 7) is 0.0332. The summed E-state index contributed by atoms with van der Waals surface area (Å²) in [5, 5.41) is 24.3. The largest absolute Gasteiger partial charge is 0.370 e. The number of aliphatic hydroxyl groups is 2. The fourth-order valence-electron chi connectivity index (χ4n) is 4.79. The number of nitrogens with one attached hydrogen (secondary N) is 1. The maximum absolute atomic E-state index is 12.9. The molecule has 12 nitrogen and oxygen atoms in total. The highest BCUT2D eigenvalue weighted by Gasteiger charge is 2.69. The Kier molecular flexibility index (Phi) is 3.76. The van der Waals surface area contributed by atoms with E-state index in [-0.39, 0.29) is 43.9 Å². The van der Waals surface area contributed by atoms with E-state index in [1.807, 2.05) is 6.07 Å². The van der Waals surface area contributed by atoms with E-state index < -0.39 is 29.6 Å². The number of amides is 3. The van der Waals surface area contributed by atoms with Gasteiger partial charge in [0.15, 0.2) is 17.6 Å². The number of aliphatic imine (C=N–C) groups is 2. The Hall–Kier alpha value is -3.38. The molecule has 4 aliphatic rings. The number of rotatable bonds is 3. The quantitative estimate of drug-likeness (QED) is 0.267. The fraction of sp³-hybridized carbons (Fsp3) is 0.444. The molecule has 1 aromatic rings. The Morgan fingerprint density at radius 3 is 2.63 bits per heavy atom. The van der Waals surface area contributed by atoms with Crippen LogP contribution in [0, 0.1) is 0 Å². The van der Waals surface area contributed by atoms with Gasteiger partial charge in [-0.25, -0.2) is 14.8 Å².